The molecule has 1 rings (SSSR count). The molecule has 0 spiro atoms. The lowest BCUT2D eigenvalue weighted by molar-refractivity contribution is -0.0884. The Kier molecular flexibility index (Phi) is 7.25. The molecule has 2 nitrogen and oxygen atoms in total. The summed E-state index contributed by atoms with van der Waals surface area (Å²) in [4.78, 5) is 0. The highest BCUT2D eigenvalue weighted by atomic mass is 16.5. The van der Waals surface area contributed by atoms with Crippen LogP contribution >= 0.6 is 0 Å². The normalized spacial score (nSPS) is 23.3. The second-order valence-corrected chi connectivity index (χ2v) is 5.83. The molecule has 0 radical (unpaired) electrons. The summed E-state index contributed by atoms with van der Waals surface area (Å²) >= 11 is 0. The highest BCUT2D eigenvalue weighted by molar-refractivity contribution is 4.96. The van der Waals surface area contributed by atoms with E-state index in [0.717, 1.165) is 13.2 Å². The van der Waals surface area contributed by atoms with E-state index in [9.17, 15) is 0 Å². The summed E-state index contributed by atoms with van der Waals surface area (Å²) in [7, 11) is 0. The van der Waals surface area contributed by atoms with Crippen molar-refractivity contribution in [3.63, 3.8) is 0 Å². The zero-order valence-electron chi connectivity index (χ0n) is 12.9. The number of ether oxygens (including phenoxy) is 1. The third-order valence-electron chi connectivity index (χ3n) is 4.59. The fourth-order valence-electron chi connectivity index (χ4n) is 3.52. The molecule has 2 unspecified atom stereocenters. The number of hydrogen-bond acceptors (Lipinski definition) is 2. The van der Waals surface area contributed by atoms with Gasteiger partial charge in [0.1, 0.15) is 0 Å². The third-order valence-corrected chi connectivity index (χ3v) is 4.59. The van der Waals surface area contributed by atoms with Crippen LogP contribution in [0.2, 0.25) is 0 Å². The fourth-order valence-corrected chi connectivity index (χ4v) is 3.52. The van der Waals surface area contributed by atoms with Crippen molar-refractivity contribution < 1.29 is 4.74 Å². The molecule has 0 aliphatic heterocycles. The zero-order chi connectivity index (χ0) is 13.4. The first kappa shape index (κ1) is 16.0. The Morgan fingerprint density at radius 3 is 2.11 bits per heavy atom. The van der Waals surface area contributed by atoms with Gasteiger partial charge in [-0.2, -0.15) is 0 Å². The zero-order valence-corrected chi connectivity index (χ0v) is 12.9. The largest absolute Gasteiger partial charge is 0.374 e. The van der Waals surface area contributed by atoms with E-state index < -0.39 is 0 Å². The summed E-state index contributed by atoms with van der Waals surface area (Å²) in [5.74, 6) is 0.689. The van der Waals surface area contributed by atoms with E-state index in [1.165, 1.54) is 44.9 Å². The number of rotatable bonds is 7. The second kappa shape index (κ2) is 8.16. The first-order chi connectivity index (χ1) is 8.70. The minimum absolute atomic E-state index is 0.0939. The molecule has 1 aliphatic carbocycles. The molecule has 2 atom stereocenters. The molecule has 0 bridgehead atoms. The van der Waals surface area contributed by atoms with E-state index in [1.807, 2.05) is 0 Å². The van der Waals surface area contributed by atoms with Gasteiger partial charge < -0.3 is 10.1 Å². The van der Waals surface area contributed by atoms with E-state index >= 15 is 0 Å². The van der Waals surface area contributed by atoms with Crippen LogP contribution < -0.4 is 5.32 Å². The van der Waals surface area contributed by atoms with Crippen LogP contribution in [0, 0.1) is 5.92 Å². The van der Waals surface area contributed by atoms with E-state index in [4.69, 9.17) is 4.74 Å². The molecule has 1 fully saturated rings. The maximum Gasteiger partial charge on any atom is 0.0837 e. The predicted octanol–water partition coefficient (Wildman–Crippen LogP) is 4.14. The van der Waals surface area contributed by atoms with Gasteiger partial charge in [0.15, 0.2) is 0 Å². The molecular formula is C16H33NO. The van der Waals surface area contributed by atoms with Gasteiger partial charge in [0.2, 0.25) is 0 Å². The van der Waals surface area contributed by atoms with Gasteiger partial charge in [-0.1, -0.05) is 52.9 Å². The molecule has 0 amide bonds. The molecule has 0 aromatic rings. The molecule has 0 saturated heterocycles. The van der Waals surface area contributed by atoms with E-state index in [1.54, 1.807) is 0 Å². The van der Waals surface area contributed by atoms with Crippen LogP contribution in [0.5, 0.6) is 0 Å². The summed E-state index contributed by atoms with van der Waals surface area (Å²) < 4.78 is 6.33. The van der Waals surface area contributed by atoms with Crippen molar-refractivity contribution in [2.75, 3.05) is 13.2 Å². The molecular weight excluding hydrogens is 222 g/mol. The highest BCUT2D eigenvalue weighted by Gasteiger charge is 2.41. The molecule has 18 heavy (non-hydrogen) atoms. The predicted molar refractivity (Wildman–Crippen MR) is 79.0 cm³/mol. The highest BCUT2D eigenvalue weighted by Crippen LogP contribution is 2.36. The Bertz CT molecular complexity index is 209. The Balaban J connectivity index is 2.88. The summed E-state index contributed by atoms with van der Waals surface area (Å²) in [6.07, 6.45) is 9.14. The lowest BCUT2D eigenvalue weighted by atomic mass is 9.78. The van der Waals surface area contributed by atoms with Crippen molar-refractivity contribution in [3.05, 3.63) is 0 Å². The lowest BCUT2D eigenvalue weighted by Crippen LogP contribution is -2.55. The third kappa shape index (κ3) is 3.96. The SMILES string of the molecule is CCNC(C(C)CC)C1(OCC)CCCCCC1. The van der Waals surface area contributed by atoms with Crippen molar-refractivity contribution in [2.45, 2.75) is 84.3 Å². The van der Waals surface area contributed by atoms with Gasteiger partial charge in [0, 0.05) is 12.6 Å². The van der Waals surface area contributed by atoms with Gasteiger partial charge in [-0.3, -0.25) is 0 Å². The Hall–Kier alpha value is -0.0800. The number of likely N-dealkylation sites (N-methyl/N-ethyl adjacent to an activating group) is 1. The maximum atomic E-state index is 6.33. The molecule has 1 saturated carbocycles. The van der Waals surface area contributed by atoms with Crippen molar-refractivity contribution in [3.8, 4) is 0 Å². The van der Waals surface area contributed by atoms with Crippen LogP contribution in [0.3, 0.4) is 0 Å². The summed E-state index contributed by atoms with van der Waals surface area (Å²) in [5.41, 5.74) is 0.0939. The van der Waals surface area contributed by atoms with Gasteiger partial charge >= 0.3 is 0 Å². The van der Waals surface area contributed by atoms with Gasteiger partial charge in [-0.15, -0.1) is 0 Å². The van der Waals surface area contributed by atoms with Gasteiger partial charge in [-0.05, 0) is 32.2 Å². The van der Waals surface area contributed by atoms with Gasteiger partial charge in [0.25, 0.3) is 0 Å². The Morgan fingerprint density at radius 2 is 1.67 bits per heavy atom. The first-order valence-electron chi connectivity index (χ1n) is 8.07. The average Bonchev–Trinajstić information content (AvgIpc) is 2.62. The van der Waals surface area contributed by atoms with Crippen molar-refractivity contribution in [1.29, 1.82) is 0 Å². The Labute approximate surface area is 114 Å². The summed E-state index contributed by atoms with van der Waals surface area (Å²) in [6.45, 7) is 10.9. The van der Waals surface area contributed by atoms with E-state index in [2.05, 4.69) is 33.0 Å². The van der Waals surface area contributed by atoms with Crippen molar-refractivity contribution >= 4 is 0 Å². The molecule has 0 aromatic carbocycles. The first-order valence-corrected chi connectivity index (χ1v) is 8.07. The van der Waals surface area contributed by atoms with Crippen LogP contribution in [0.25, 0.3) is 0 Å². The smallest absolute Gasteiger partial charge is 0.0837 e. The van der Waals surface area contributed by atoms with E-state index in [-0.39, 0.29) is 5.60 Å². The molecule has 108 valence electrons. The minimum atomic E-state index is 0.0939. The summed E-state index contributed by atoms with van der Waals surface area (Å²) in [6, 6.07) is 0.519. The quantitative estimate of drug-likeness (QED) is 0.690. The van der Waals surface area contributed by atoms with Crippen molar-refractivity contribution in [2.24, 2.45) is 5.92 Å². The van der Waals surface area contributed by atoms with Gasteiger partial charge in [0.05, 0.1) is 5.60 Å². The number of nitrogens with one attached hydrogen (secondary N) is 1. The van der Waals surface area contributed by atoms with Crippen LogP contribution in [0.1, 0.15) is 72.6 Å². The molecule has 1 aliphatic rings. The topological polar surface area (TPSA) is 21.3 Å². The summed E-state index contributed by atoms with van der Waals surface area (Å²) in [5, 5.41) is 3.73. The van der Waals surface area contributed by atoms with Crippen LogP contribution in [-0.2, 0) is 4.74 Å². The maximum absolute atomic E-state index is 6.33. The minimum Gasteiger partial charge on any atom is -0.374 e. The fraction of sp³-hybridized carbons (Fsp3) is 1.00. The molecule has 1 N–H and O–H groups in total. The lowest BCUT2D eigenvalue weighted by Gasteiger charge is -2.43. The monoisotopic (exact) mass is 255 g/mol. The van der Waals surface area contributed by atoms with Crippen LogP contribution in [0.4, 0.5) is 0 Å². The molecule has 0 aromatic heterocycles. The van der Waals surface area contributed by atoms with Crippen LogP contribution in [-0.4, -0.2) is 24.8 Å². The average molecular weight is 255 g/mol. The molecule has 2 heteroatoms. The van der Waals surface area contributed by atoms with Crippen LogP contribution in [0.15, 0.2) is 0 Å². The van der Waals surface area contributed by atoms with Gasteiger partial charge in [-0.25, -0.2) is 0 Å². The number of hydrogen-bond donors (Lipinski definition) is 1. The van der Waals surface area contributed by atoms with E-state index in [0.29, 0.717) is 12.0 Å². The molecule has 0 heterocycles. The Morgan fingerprint density at radius 1 is 1.06 bits per heavy atom. The second-order valence-electron chi connectivity index (χ2n) is 5.83. The standard InChI is InChI=1S/C16H33NO/c1-5-14(4)15(17-6-2)16(18-7-3)12-10-8-9-11-13-16/h14-15,17H,5-13H2,1-4H3. The van der Waals surface area contributed by atoms with Crippen molar-refractivity contribution in [1.82, 2.24) is 5.32 Å².